The number of alkyl carbamates (subject to hydrolysis) is 1. The highest BCUT2D eigenvalue weighted by atomic mass is 35.5. The lowest BCUT2D eigenvalue weighted by Gasteiger charge is -2.17. The molecular weight excluding hydrogens is 437 g/mol. The number of halogens is 2. The highest BCUT2D eigenvalue weighted by Crippen LogP contribution is 2.44. The Labute approximate surface area is 189 Å². The van der Waals surface area contributed by atoms with Crippen LogP contribution in [0.1, 0.15) is 22.6 Å². The van der Waals surface area contributed by atoms with E-state index in [2.05, 4.69) is 5.32 Å². The molecule has 0 aromatic heterocycles. The standard InChI is InChI=1S/C24H19Cl2NO4/c25-20-10-9-14(11-21(20)26)12-22(23(28)29)27-24(30)31-13-19-17-7-3-1-5-15(17)16-6-2-4-8-18(16)19/h1-11,19,22H,12-13H2,(H,27,30)(H,28,29). The van der Waals surface area contributed by atoms with Gasteiger partial charge in [0.1, 0.15) is 12.6 Å². The number of nitrogens with one attached hydrogen (secondary N) is 1. The second kappa shape index (κ2) is 9.00. The number of benzene rings is 3. The van der Waals surface area contributed by atoms with Crippen LogP contribution in [0.15, 0.2) is 66.7 Å². The van der Waals surface area contributed by atoms with Gasteiger partial charge in [-0.3, -0.25) is 0 Å². The quantitative estimate of drug-likeness (QED) is 0.512. The minimum Gasteiger partial charge on any atom is -0.480 e. The molecule has 31 heavy (non-hydrogen) atoms. The van der Waals surface area contributed by atoms with Crippen LogP contribution in [0.3, 0.4) is 0 Å². The third-order valence-electron chi connectivity index (χ3n) is 5.36. The average molecular weight is 456 g/mol. The summed E-state index contributed by atoms with van der Waals surface area (Å²) >= 11 is 11.9. The largest absolute Gasteiger partial charge is 0.480 e. The van der Waals surface area contributed by atoms with E-state index >= 15 is 0 Å². The van der Waals surface area contributed by atoms with Gasteiger partial charge < -0.3 is 15.2 Å². The molecule has 3 aromatic carbocycles. The lowest BCUT2D eigenvalue weighted by atomic mass is 9.98. The van der Waals surface area contributed by atoms with Crippen LogP contribution in [-0.2, 0) is 16.0 Å². The summed E-state index contributed by atoms with van der Waals surface area (Å²) in [5.74, 6) is -1.27. The number of hydrogen-bond acceptors (Lipinski definition) is 3. The summed E-state index contributed by atoms with van der Waals surface area (Å²) in [7, 11) is 0. The van der Waals surface area contributed by atoms with Crippen molar-refractivity contribution < 1.29 is 19.4 Å². The van der Waals surface area contributed by atoms with Gasteiger partial charge in [-0.25, -0.2) is 9.59 Å². The molecule has 0 heterocycles. The van der Waals surface area contributed by atoms with Crippen LogP contribution in [0.25, 0.3) is 11.1 Å². The summed E-state index contributed by atoms with van der Waals surface area (Å²) in [6.07, 6.45) is -0.731. The van der Waals surface area contributed by atoms with Gasteiger partial charge in [-0.05, 0) is 39.9 Å². The van der Waals surface area contributed by atoms with Crippen molar-refractivity contribution >= 4 is 35.3 Å². The van der Waals surface area contributed by atoms with Crippen molar-refractivity contribution in [2.75, 3.05) is 6.61 Å². The Morgan fingerprint density at radius 3 is 2.13 bits per heavy atom. The van der Waals surface area contributed by atoms with Gasteiger partial charge >= 0.3 is 12.1 Å². The van der Waals surface area contributed by atoms with Crippen LogP contribution in [0.4, 0.5) is 4.79 Å². The molecule has 4 rings (SSSR count). The predicted octanol–water partition coefficient (Wildman–Crippen LogP) is 5.53. The van der Waals surface area contributed by atoms with Crippen molar-refractivity contribution in [1.29, 1.82) is 0 Å². The zero-order valence-electron chi connectivity index (χ0n) is 16.3. The fourth-order valence-corrected chi connectivity index (χ4v) is 4.21. The van der Waals surface area contributed by atoms with E-state index in [0.717, 1.165) is 22.3 Å². The van der Waals surface area contributed by atoms with Crippen molar-refractivity contribution in [1.82, 2.24) is 5.32 Å². The van der Waals surface area contributed by atoms with Gasteiger partial charge in [-0.1, -0.05) is 77.8 Å². The molecule has 158 valence electrons. The highest BCUT2D eigenvalue weighted by Gasteiger charge is 2.29. The minimum atomic E-state index is -1.17. The van der Waals surface area contributed by atoms with E-state index in [9.17, 15) is 14.7 Å². The monoisotopic (exact) mass is 455 g/mol. The second-order valence-corrected chi connectivity index (χ2v) is 8.13. The summed E-state index contributed by atoms with van der Waals surface area (Å²) in [6, 6.07) is 19.7. The Morgan fingerprint density at radius 1 is 0.935 bits per heavy atom. The molecular formula is C24H19Cl2NO4. The van der Waals surface area contributed by atoms with E-state index in [0.29, 0.717) is 15.6 Å². The number of carbonyl (C=O) groups is 2. The predicted molar refractivity (Wildman–Crippen MR) is 120 cm³/mol. The minimum absolute atomic E-state index is 0.0520. The zero-order chi connectivity index (χ0) is 22.0. The molecule has 7 heteroatoms. The molecule has 0 aliphatic heterocycles. The van der Waals surface area contributed by atoms with E-state index in [4.69, 9.17) is 27.9 Å². The van der Waals surface area contributed by atoms with Crippen molar-refractivity contribution in [3.8, 4) is 11.1 Å². The van der Waals surface area contributed by atoms with Crippen LogP contribution in [0.2, 0.25) is 10.0 Å². The molecule has 1 amide bonds. The number of ether oxygens (including phenoxy) is 1. The molecule has 3 aromatic rings. The maximum atomic E-state index is 12.4. The topological polar surface area (TPSA) is 75.6 Å². The summed E-state index contributed by atoms with van der Waals surface area (Å²) in [5.41, 5.74) is 5.05. The maximum absolute atomic E-state index is 12.4. The number of rotatable bonds is 6. The molecule has 1 atom stereocenters. The lowest BCUT2D eigenvalue weighted by molar-refractivity contribution is -0.139. The van der Waals surface area contributed by atoms with E-state index < -0.39 is 18.1 Å². The highest BCUT2D eigenvalue weighted by molar-refractivity contribution is 6.42. The molecule has 0 fully saturated rings. The van der Waals surface area contributed by atoms with Gasteiger partial charge in [0.2, 0.25) is 0 Å². The Bertz CT molecular complexity index is 1100. The molecule has 0 spiro atoms. The Balaban J connectivity index is 1.43. The first kappa shape index (κ1) is 21.2. The number of hydrogen-bond donors (Lipinski definition) is 2. The third-order valence-corrected chi connectivity index (χ3v) is 6.10. The van der Waals surface area contributed by atoms with Crippen LogP contribution in [0, 0.1) is 0 Å². The van der Waals surface area contributed by atoms with Gasteiger partial charge in [0.25, 0.3) is 0 Å². The molecule has 1 aliphatic carbocycles. The number of amides is 1. The van der Waals surface area contributed by atoms with E-state index in [1.807, 2.05) is 48.5 Å². The van der Waals surface area contributed by atoms with Crippen LogP contribution in [0.5, 0.6) is 0 Å². The van der Waals surface area contributed by atoms with Crippen LogP contribution < -0.4 is 5.32 Å². The number of fused-ring (bicyclic) bond motifs is 3. The zero-order valence-corrected chi connectivity index (χ0v) is 17.9. The fourth-order valence-electron chi connectivity index (χ4n) is 3.88. The summed E-state index contributed by atoms with van der Waals surface area (Å²) < 4.78 is 5.44. The van der Waals surface area contributed by atoms with Gasteiger partial charge in [0, 0.05) is 12.3 Å². The molecule has 2 N–H and O–H groups in total. The number of carbonyl (C=O) groups excluding carboxylic acids is 1. The molecule has 0 bridgehead atoms. The molecule has 0 radical (unpaired) electrons. The Hall–Kier alpha value is -3.02. The van der Waals surface area contributed by atoms with Crippen molar-refractivity contribution in [2.45, 2.75) is 18.4 Å². The normalized spacial score (nSPS) is 13.2. The van der Waals surface area contributed by atoms with Crippen LogP contribution in [-0.4, -0.2) is 29.8 Å². The SMILES string of the molecule is O=C(NC(Cc1ccc(Cl)c(Cl)c1)C(=O)O)OCC1c2ccccc2-c2ccccc21. The molecule has 0 saturated carbocycles. The van der Waals surface area contributed by atoms with Crippen molar-refractivity contribution in [3.63, 3.8) is 0 Å². The number of aliphatic carboxylic acids is 1. The molecule has 1 aliphatic rings. The number of carboxylic acids is 1. The van der Waals surface area contributed by atoms with E-state index in [1.165, 1.54) is 0 Å². The summed E-state index contributed by atoms with van der Waals surface area (Å²) in [4.78, 5) is 24.1. The van der Waals surface area contributed by atoms with Gasteiger partial charge in [-0.2, -0.15) is 0 Å². The number of carboxylic acid groups (broad SMARTS) is 1. The summed E-state index contributed by atoms with van der Waals surface area (Å²) in [6.45, 7) is 0.110. The smallest absolute Gasteiger partial charge is 0.407 e. The third kappa shape index (κ3) is 4.53. The molecule has 5 nitrogen and oxygen atoms in total. The first-order valence-corrected chi connectivity index (χ1v) is 10.5. The maximum Gasteiger partial charge on any atom is 0.407 e. The first-order valence-electron chi connectivity index (χ1n) is 9.72. The van der Waals surface area contributed by atoms with E-state index in [-0.39, 0.29) is 18.9 Å². The van der Waals surface area contributed by atoms with Crippen LogP contribution >= 0.6 is 23.2 Å². The molecule has 1 unspecified atom stereocenters. The Morgan fingerprint density at radius 2 is 1.55 bits per heavy atom. The fraction of sp³-hybridized carbons (Fsp3) is 0.167. The second-order valence-electron chi connectivity index (χ2n) is 7.31. The lowest BCUT2D eigenvalue weighted by Crippen LogP contribution is -2.42. The van der Waals surface area contributed by atoms with Crippen molar-refractivity contribution in [3.05, 3.63) is 93.5 Å². The van der Waals surface area contributed by atoms with Gasteiger partial charge in [0.05, 0.1) is 10.0 Å². The van der Waals surface area contributed by atoms with Gasteiger partial charge in [-0.15, -0.1) is 0 Å². The molecule has 0 saturated heterocycles. The summed E-state index contributed by atoms with van der Waals surface area (Å²) in [5, 5.41) is 12.7. The average Bonchev–Trinajstić information content (AvgIpc) is 3.08. The first-order chi connectivity index (χ1) is 14.9. The van der Waals surface area contributed by atoms with Gasteiger partial charge in [0.15, 0.2) is 0 Å². The van der Waals surface area contributed by atoms with Crippen molar-refractivity contribution in [2.24, 2.45) is 0 Å². The van der Waals surface area contributed by atoms with E-state index in [1.54, 1.807) is 18.2 Å². The Kier molecular flexibility index (Phi) is 6.16.